The van der Waals surface area contributed by atoms with E-state index in [2.05, 4.69) is 10.6 Å². The molecule has 0 atom stereocenters. The molecule has 2 amide bonds. The Bertz CT molecular complexity index is 1820. The molecule has 0 aliphatic carbocycles. The van der Waals surface area contributed by atoms with E-state index >= 15 is 0 Å². The van der Waals surface area contributed by atoms with E-state index in [9.17, 15) is 14.9 Å². The second-order valence-corrected chi connectivity index (χ2v) is 10.3. The summed E-state index contributed by atoms with van der Waals surface area (Å²) < 4.78 is 2.16. The van der Waals surface area contributed by atoms with E-state index in [0.717, 1.165) is 55.8 Å². The quantitative estimate of drug-likeness (QED) is 0.232. The van der Waals surface area contributed by atoms with E-state index in [1.807, 2.05) is 104 Å². The number of thioether (sulfide) groups is 1. The Balaban J connectivity index is 1.37. The van der Waals surface area contributed by atoms with Crippen LogP contribution in [0.4, 0.5) is 4.79 Å². The minimum Gasteiger partial charge on any atom is -0.340 e. The lowest BCUT2D eigenvalue weighted by Gasteiger charge is -2.14. The molecule has 1 aliphatic rings. The van der Waals surface area contributed by atoms with Crippen molar-refractivity contribution >= 4 is 50.7 Å². The average Bonchev–Trinajstić information content (AvgIpc) is 3.36. The first kappa shape index (κ1) is 23.8. The minimum absolute atomic E-state index is 0.231. The molecule has 1 fully saturated rings. The van der Waals surface area contributed by atoms with Crippen molar-refractivity contribution in [3.8, 4) is 6.07 Å². The van der Waals surface area contributed by atoms with Crippen LogP contribution >= 0.6 is 11.8 Å². The molecule has 0 radical (unpaired) electrons. The van der Waals surface area contributed by atoms with Crippen LogP contribution in [0.1, 0.15) is 27.9 Å². The Hall–Kier alpha value is -4.60. The summed E-state index contributed by atoms with van der Waals surface area (Å²) in [5, 5.41) is 12.4. The van der Waals surface area contributed by atoms with Crippen LogP contribution in [-0.2, 0) is 17.9 Å². The van der Waals surface area contributed by atoms with E-state index in [-0.39, 0.29) is 17.7 Å². The molecule has 6 rings (SSSR count). The van der Waals surface area contributed by atoms with Gasteiger partial charge in [0.25, 0.3) is 11.1 Å². The van der Waals surface area contributed by atoms with Gasteiger partial charge in [0.1, 0.15) is 0 Å². The van der Waals surface area contributed by atoms with Crippen molar-refractivity contribution in [2.75, 3.05) is 0 Å². The third kappa shape index (κ3) is 4.07. The number of amides is 2. The fourth-order valence-electron chi connectivity index (χ4n) is 5.15. The van der Waals surface area contributed by atoms with Crippen LogP contribution in [0.15, 0.2) is 95.9 Å². The first-order chi connectivity index (χ1) is 18.5. The number of fused-ring (bicyclic) bond motifs is 2. The fourth-order valence-corrected chi connectivity index (χ4v) is 5.97. The molecule has 5 aromatic rings. The lowest BCUT2D eigenvalue weighted by atomic mass is 10.0. The molecule has 1 aromatic heterocycles. The van der Waals surface area contributed by atoms with Crippen molar-refractivity contribution in [1.29, 1.82) is 5.26 Å². The van der Waals surface area contributed by atoms with E-state index in [0.29, 0.717) is 17.0 Å². The average molecular weight is 514 g/mol. The van der Waals surface area contributed by atoms with Crippen LogP contribution in [-0.4, -0.2) is 20.6 Å². The highest BCUT2D eigenvalue weighted by molar-refractivity contribution is 8.18. The number of carbonyl (C=O) groups excluding carboxylic acids is 2. The van der Waals surface area contributed by atoms with Crippen molar-refractivity contribution in [1.82, 2.24) is 9.47 Å². The van der Waals surface area contributed by atoms with E-state index in [4.69, 9.17) is 0 Å². The van der Waals surface area contributed by atoms with Gasteiger partial charge in [-0.2, -0.15) is 5.26 Å². The van der Waals surface area contributed by atoms with E-state index < -0.39 is 0 Å². The zero-order valence-electron chi connectivity index (χ0n) is 20.7. The molecule has 1 aliphatic heterocycles. The Morgan fingerprint density at radius 2 is 1.50 bits per heavy atom. The number of benzene rings is 4. The van der Waals surface area contributed by atoms with E-state index in [1.165, 1.54) is 4.90 Å². The van der Waals surface area contributed by atoms with Crippen LogP contribution in [0.3, 0.4) is 0 Å². The lowest BCUT2D eigenvalue weighted by Crippen LogP contribution is -2.27. The van der Waals surface area contributed by atoms with Gasteiger partial charge in [0, 0.05) is 28.7 Å². The summed E-state index contributed by atoms with van der Waals surface area (Å²) in [7, 11) is 0. The van der Waals surface area contributed by atoms with Crippen molar-refractivity contribution in [2.45, 2.75) is 20.0 Å². The van der Waals surface area contributed by atoms with Crippen LogP contribution in [0.2, 0.25) is 0 Å². The highest BCUT2D eigenvalue weighted by Crippen LogP contribution is 2.37. The Labute approximate surface area is 224 Å². The van der Waals surface area contributed by atoms with Gasteiger partial charge in [0.2, 0.25) is 0 Å². The highest BCUT2D eigenvalue weighted by Gasteiger charge is 2.35. The molecule has 1 saturated heterocycles. The Morgan fingerprint density at radius 1 is 0.816 bits per heavy atom. The van der Waals surface area contributed by atoms with Gasteiger partial charge in [-0.15, -0.1) is 0 Å². The zero-order chi connectivity index (χ0) is 26.2. The van der Waals surface area contributed by atoms with Crippen LogP contribution < -0.4 is 0 Å². The number of nitrogens with zero attached hydrogens (tertiary/aromatic N) is 3. The molecule has 0 spiro atoms. The largest absolute Gasteiger partial charge is 0.340 e. The summed E-state index contributed by atoms with van der Waals surface area (Å²) in [6.07, 6.45) is 1.85. The number of imide groups is 1. The molecular formula is C32H23N3O2S. The van der Waals surface area contributed by atoms with Crippen molar-refractivity contribution in [2.24, 2.45) is 0 Å². The summed E-state index contributed by atoms with van der Waals surface area (Å²) >= 11 is 0.984. The van der Waals surface area contributed by atoms with Gasteiger partial charge in [-0.1, -0.05) is 78.9 Å². The zero-order valence-corrected chi connectivity index (χ0v) is 21.5. The van der Waals surface area contributed by atoms with E-state index in [1.54, 1.807) is 0 Å². The standard InChI is InChI=1S/C32H23N3O2S/c1-21-28(27-15-6-7-16-29(27)34(21)19-24-11-3-2-10-23(24)18-33)17-30-31(36)35(32(37)38-30)20-25-13-8-12-22-9-4-5-14-26(22)25/h2-17H,19-20H2,1H3/b30-17+. The van der Waals surface area contributed by atoms with Crippen molar-refractivity contribution in [3.63, 3.8) is 0 Å². The molecule has 6 heteroatoms. The minimum atomic E-state index is -0.279. The first-order valence-corrected chi connectivity index (χ1v) is 13.1. The lowest BCUT2D eigenvalue weighted by molar-refractivity contribution is -0.123. The maximum Gasteiger partial charge on any atom is 0.293 e. The van der Waals surface area contributed by atoms with Crippen LogP contribution in [0, 0.1) is 18.3 Å². The molecule has 4 aromatic carbocycles. The summed E-state index contributed by atoms with van der Waals surface area (Å²) in [5.41, 5.74) is 5.40. The second-order valence-electron chi connectivity index (χ2n) is 9.28. The number of nitriles is 1. The topological polar surface area (TPSA) is 66.1 Å². The van der Waals surface area contributed by atoms with Gasteiger partial charge in [-0.3, -0.25) is 14.5 Å². The van der Waals surface area contributed by atoms with Gasteiger partial charge in [-0.25, -0.2) is 0 Å². The number of hydrogen-bond acceptors (Lipinski definition) is 4. The highest BCUT2D eigenvalue weighted by atomic mass is 32.2. The fraction of sp³-hybridized carbons (Fsp3) is 0.0938. The summed E-state index contributed by atoms with van der Waals surface area (Å²) in [6, 6.07) is 31.8. The molecule has 5 nitrogen and oxygen atoms in total. The van der Waals surface area contributed by atoms with Gasteiger partial charge >= 0.3 is 0 Å². The maximum absolute atomic E-state index is 13.5. The predicted octanol–water partition coefficient (Wildman–Crippen LogP) is 7.26. The SMILES string of the molecule is Cc1c(/C=C2/SC(=O)N(Cc3cccc4ccccc34)C2=O)c2ccccc2n1Cc1ccccc1C#N. The third-order valence-corrected chi connectivity index (χ3v) is 8.01. The maximum atomic E-state index is 13.5. The van der Waals surface area contributed by atoms with Gasteiger partial charge in [0.15, 0.2) is 0 Å². The number of rotatable bonds is 5. The number of para-hydroxylation sites is 1. The molecule has 0 N–H and O–H groups in total. The molecule has 0 bridgehead atoms. The molecule has 0 saturated carbocycles. The molecule has 38 heavy (non-hydrogen) atoms. The molecular weight excluding hydrogens is 490 g/mol. The summed E-state index contributed by atoms with van der Waals surface area (Å²) in [6.45, 7) is 2.78. The molecule has 184 valence electrons. The third-order valence-electron chi connectivity index (χ3n) is 7.10. The first-order valence-electron chi connectivity index (χ1n) is 12.3. The number of hydrogen-bond donors (Lipinski definition) is 0. The number of carbonyl (C=O) groups is 2. The Morgan fingerprint density at radius 3 is 2.34 bits per heavy atom. The second kappa shape index (κ2) is 9.70. The molecule has 2 heterocycles. The summed E-state index contributed by atoms with van der Waals surface area (Å²) in [4.78, 5) is 28.2. The van der Waals surface area contributed by atoms with Gasteiger partial charge in [0.05, 0.1) is 23.1 Å². The summed E-state index contributed by atoms with van der Waals surface area (Å²) in [5.74, 6) is -0.279. The normalized spacial score (nSPS) is 14.6. The van der Waals surface area contributed by atoms with Gasteiger partial charge in [-0.05, 0) is 58.8 Å². The molecule has 0 unspecified atom stereocenters. The van der Waals surface area contributed by atoms with Crippen LogP contribution in [0.25, 0.3) is 27.8 Å². The number of aromatic nitrogens is 1. The Kier molecular flexibility index (Phi) is 6.07. The van der Waals surface area contributed by atoms with Gasteiger partial charge < -0.3 is 4.57 Å². The van der Waals surface area contributed by atoms with Crippen molar-refractivity contribution < 1.29 is 9.59 Å². The smallest absolute Gasteiger partial charge is 0.293 e. The van der Waals surface area contributed by atoms with Crippen LogP contribution in [0.5, 0.6) is 0 Å². The monoisotopic (exact) mass is 513 g/mol. The van der Waals surface area contributed by atoms with Crippen molar-refractivity contribution in [3.05, 3.63) is 124 Å². The predicted molar refractivity (Wildman–Crippen MR) is 152 cm³/mol.